The fourth-order valence-electron chi connectivity index (χ4n) is 1.68. The zero-order chi connectivity index (χ0) is 8.97. The molecule has 0 spiro atoms. The lowest BCUT2D eigenvalue weighted by Gasteiger charge is -2.32. The number of guanidine groups is 1. The number of hydrogen-bond donors (Lipinski definition) is 3. The highest BCUT2D eigenvalue weighted by Crippen LogP contribution is 2.08. The molecule has 1 aliphatic heterocycles. The molecule has 0 radical (unpaired) electrons. The van der Waals surface area contributed by atoms with Crippen molar-refractivity contribution >= 4 is 5.96 Å². The molecule has 0 aromatic carbocycles. The van der Waals surface area contributed by atoms with Gasteiger partial charge in [-0.1, -0.05) is 6.92 Å². The highest BCUT2D eigenvalue weighted by molar-refractivity contribution is 5.74. The minimum atomic E-state index is 0.0953. The molecule has 4 heteroatoms. The van der Waals surface area contributed by atoms with Crippen molar-refractivity contribution in [1.29, 1.82) is 5.41 Å². The van der Waals surface area contributed by atoms with Gasteiger partial charge >= 0.3 is 0 Å². The molecule has 1 atom stereocenters. The van der Waals surface area contributed by atoms with Crippen LogP contribution in [0.3, 0.4) is 0 Å². The van der Waals surface area contributed by atoms with E-state index in [1.807, 2.05) is 0 Å². The van der Waals surface area contributed by atoms with Gasteiger partial charge in [0.05, 0.1) is 0 Å². The number of nitrogens with zero attached hydrogens (tertiary/aromatic N) is 1. The summed E-state index contributed by atoms with van der Waals surface area (Å²) in [7, 11) is 0. The Morgan fingerprint density at radius 1 is 1.75 bits per heavy atom. The van der Waals surface area contributed by atoms with Gasteiger partial charge in [-0.3, -0.25) is 5.41 Å². The van der Waals surface area contributed by atoms with Crippen LogP contribution in [0.2, 0.25) is 0 Å². The average molecular weight is 170 g/mol. The van der Waals surface area contributed by atoms with Gasteiger partial charge in [-0.2, -0.15) is 0 Å². The van der Waals surface area contributed by atoms with Crippen LogP contribution in [-0.2, 0) is 0 Å². The van der Waals surface area contributed by atoms with Gasteiger partial charge in [0, 0.05) is 12.6 Å². The minimum absolute atomic E-state index is 0.0953. The maximum Gasteiger partial charge on any atom is 0.185 e. The molecule has 0 unspecified atom stereocenters. The lowest BCUT2D eigenvalue weighted by molar-refractivity contribution is 0.210. The molecule has 0 aromatic heterocycles. The number of likely N-dealkylation sites (N-methyl/N-ethyl adjacent to an activating group) is 1. The molecule has 0 amide bonds. The molecule has 4 nitrogen and oxygen atoms in total. The Bertz CT molecular complexity index is 157. The summed E-state index contributed by atoms with van der Waals surface area (Å²) >= 11 is 0. The van der Waals surface area contributed by atoms with Crippen molar-refractivity contribution in [2.45, 2.75) is 25.8 Å². The van der Waals surface area contributed by atoms with Gasteiger partial charge in [-0.15, -0.1) is 0 Å². The Morgan fingerprint density at radius 2 is 2.50 bits per heavy atom. The Labute approximate surface area is 73.6 Å². The molecule has 70 valence electrons. The summed E-state index contributed by atoms with van der Waals surface area (Å²) in [5.41, 5.74) is 5.26. The lowest BCUT2D eigenvalue weighted by Crippen LogP contribution is -2.49. The molecule has 1 rings (SSSR count). The molecular weight excluding hydrogens is 152 g/mol. The summed E-state index contributed by atoms with van der Waals surface area (Å²) in [5, 5.41) is 10.1. The second kappa shape index (κ2) is 4.30. The number of rotatable bonds is 2. The fourth-order valence-corrected chi connectivity index (χ4v) is 1.68. The maximum absolute atomic E-state index is 7.10. The fraction of sp³-hybridized carbons (Fsp3) is 0.875. The molecule has 1 fully saturated rings. The largest absolute Gasteiger partial charge is 0.370 e. The normalized spacial score (nSPS) is 25.2. The van der Waals surface area contributed by atoms with Gasteiger partial charge in [0.25, 0.3) is 0 Å². The molecule has 4 N–H and O–H groups in total. The van der Waals surface area contributed by atoms with E-state index in [-0.39, 0.29) is 5.96 Å². The van der Waals surface area contributed by atoms with Gasteiger partial charge in [-0.05, 0) is 25.9 Å². The van der Waals surface area contributed by atoms with Crippen LogP contribution in [-0.4, -0.2) is 36.5 Å². The molecule has 12 heavy (non-hydrogen) atoms. The van der Waals surface area contributed by atoms with E-state index in [4.69, 9.17) is 11.1 Å². The Morgan fingerprint density at radius 3 is 3.08 bits per heavy atom. The highest BCUT2D eigenvalue weighted by atomic mass is 15.2. The average Bonchev–Trinajstić information content (AvgIpc) is 2.03. The smallest absolute Gasteiger partial charge is 0.185 e. The van der Waals surface area contributed by atoms with E-state index in [1.54, 1.807) is 0 Å². The van der Waals surface area contributed by atoms with Crippen LogP contribution in [0.1, 0.15) is 19.8 Å². The van der Waals surface area contributed by atoms with Gasteiger partial charge in [0.15, 0.2) is 5.96 Å². The minimum Gasteiger partial charge on any atom is -0.370 e. The van der Waals surface area contributed by atoms with Gasteiger partial charge in [0.2, 0.25) is 0 Å². The molecule has 1 heterocycles. The first-order valence-electron chi connectivity index (χ1n) is 4.55. The maximum atomic E-state index is 7.10. The predicted molar refractivity (Wildman–Crippen MR) is 50.2 cm³/mol. The molecule has 1 saturated heterocycles. The third kappa shape index (κ3) is 2.70. The van der Waals surface area contributed by atoms with Crippen molar-refractivity contribution in [3.8, 4) is 0 Å². The summed E-state index contributed by atoms with van der Waals surface area (Å²) in [4.78, 5) is 2.38. The number of nitrogens with one attached hydrogen (secondary N) is 2. The van der Waals surface area contributed by atoms with E-state index in [9.17, 15) is 0 Å². The molecule has 1 aliphatic rings. The molecular formula is C8H18N4. The third-order valence-corrected chi connectivity index (χ3v) is 2.31. The Hall–Kier alpha value is -0.770. The van der Waals surface area contributed by atoms with Crippen LogP contribution < -0.4 is 11.1 Å². The zero-order valence-corrected chi connectivity index (χ0v) is 7.64. The topological polar surface area (TPSA) is 65.1 Å². The van der Waals surface area contributed by atoms with E-state index in [1.165, 1.54) is 13.0 Å². The van der Waals surface area contributed by atoms with E-state index in [0.717, 1.165) is 19.5 Å². The molecule has 0 aromatic rings. The van der Waals surface area contributed by atoms with Crippen LogP contribution >= 0.6 is 0 Å². The van der Waals surface area contributed by atoms with Gasteiger partial charge < -0.3 is 16.0 Å². The second-order valence-electron chi connectivity index (χ2n) is 3.29. The van der Waals surface area contributed by atoms with Gasteiger partial charge in [0.1, 0.15) is 0 Å². The van der Waals surface area contributed by atoms with Crippen molar-refractivity contribution in [3.05, 3.63) is 0 Å². The van der Waals surface area contributed by atoms with Crippen LogP contribution in [0.5, 0.6) is 0 Å². The number of nitrogens with two attached hydrogens (primary N) is 1. The van der Waals surface area contributed by atoms with E-state index in [2.05, 4.69) is 17.1 Å². The van der Waals surface area contributed by atoms with Crippen LogP contribution in [0.4, 0.5) is 0 Å². The third-order valence-electron chi connectivity index (χ3n) is 2.31. The summed E-state index contributed by atoms with van der Waals surface area (Å²) in [6, 6.07) is 0.385. The summed E-state index contributed by atoms with van der Waals surface area (Å²) in [6.07, 6.45) is 2.34. The Kier molecular flexibility index (Phi) is 3.34. The van der Waals surface area contributed by atoms with E-state index in [0.29, 0.717) is 6.04 Å². The standard InChI is InChI=1S/C8H18N4/c1-2-12-5-3-4-7(6-12)11-8(9)10/h7H,2-6H2,1H3,(H4,9,10,11)/t7-/m0/s1. The lowest BCUT2D eigenvalue weighted by atomic mass is 10.1. The van der Waals surface area contributed by atoms with Crippen molar-refractivity contribution < 1.29 is 0 Å². The number of piperidine rings is 1. The highest BCUT2D eigenvalue weighted by Gasteiger charge is 2.18. The monoisotopic (exact) mass is 170 g/mol. The first-order valence-corrected chi connectivity index (χ1v) is 4.55. The predicted octanol–water partition coefficient (Wildman–Crippen LogP) is -0.0462. The van der Waals surface area contributed by atoms with Crippen molar-refractivity contribution in [1.82, 2.24) is 10.2 Å². The van der Waals surface area contributed by atoms with Crippen molar-refractivity contribution in [2.24, 2.45) is 5.73 Å². The van der Waals surface area contributed by atoms with Crippen molar-refractivity contribution in [3.63, 3.8) is 0 Å². The first-order chi connectivity index (χ1) is 5.72. The van der Waals surface area contributed by atoms with Crippen LogP contribution in [0.25, 0.3) is 0 Å². The quantitative estimate of drug-likeness (QED) is 0.402. The molecule has 0 bridgehead atoms. The SMILES string of the molecule is CCN1CCC[C@H](NC(=N)N)C1. The van der Waals surface area contributed by atoms with E-state index >= 15 is 0 Å². The van der Waals surface area contributed by atoms with Crippen LogP contribution in [0.15, 0.2) is 0 Å². The summed E-state index contributed by atoms with van der Waals surface area (Å²) in [5.74, 6) is 0.0953. The molecule has 0 aliphatic carbocycles. The van der Waals surface area contributed by atoms with Gasteiger partial charge in [-0.25, -0.2) is 0 Å². The number of hydrogen-bond acceptors (Lipinski definition) is 2. The van der Waals surface area contributed by atoms with E-state index < -0.39 is 0 Å². The number of likely N-dealkylation sites (tertiary alicyclic amines) is 1. The Balaban J connectivity index is 2.30. The molecule has 0 saturated carbocycles. The second-order valence-corrected chi connectivity index (χ2v) is 3.29. The first kappa shape index (κ1) is 9.32. The van der Waals surface area contributed by atoms with Crippen LogP contribution in [0, 0.1) is 5.41 Å². The summed E-state index contributed by atoms with van der Waals surface area (Å²) < 4.78 is 0. The zero-order valence-electron chi connectivity index (χ0n) is 7.64. The summed E-state index contributed by atoms with van der Waals surface area (Å²) in [6.45, 7) is 5.47. The van der Waals surface area contributed by atoms with Crippen molar-refractivity contribution in [2.75, 3.05) is 19.6 Å².